The van der Waals surface area contributed by atoms with Crippen LogP contribution in [0.15, 0.2) is 24.4 Å². The summed E-state index contributed by atoms with van der Waals surface area (Å²) in [5.74, 6) is -3.69. The first-order chi connectivity index (χ1) is 15.2. The minimum Gasteiger partial charge on any atom is -0.341 e. The molecular formula is C20H26F3N5O3S. The Kier molecular flexibility index (Phi) is 7.59. The molecule has 2 heterocycles. The largest absolute Gasteiger partial charge is 0.341 e. The molecule has 1 aliphatic rings. The monoisotopic (exact) mass is 473 g/mol. The first-order valence-corrected chi connectivity index (χ1v) is 11.7. The summed E-state index contributed by atoms with van der Waals surface area (Å²) in [6, 6.07) is 2.71. The number of piperidine rings is 1. The lowest BCUT2D eigenvalue weighted by Crippen LogP contribution is -2.50. The molecule has 3 rings (SSSR count). The number of halogens is 3. The highest BCUT2D eigenvalue weighted by Crippen LogP contribution is 2.20. The zero-order chi connectivity index (χ0) is 23.5. The zero-order valence-corrected chi connectivity index (χ0v) is 18.6. The zero-order valence-electron chi connectivity index (χ0n) is 17.8. The number of hydrogen-bond acceptors (Lipinski definition) is 4. The van der Waals surface area contributed by atoms with Gasteiger partial charge in [-0.25, -0.2) is 17.9 Å². The van der Waals surface area contributed by atoms with Gasteiger partial charge in [0.1, 0.15) is 5.69 Å². The summed E-state index contributed by atoms with van der Waals surface area (Å²) in [5, 5.41) is 5.54. The molecule has 0 unspecified atom stereocenters. The number of aromatic nitrogens is 1. The number of anilines is 1. The summed E-state index contributed by atoms with van der Waals surface area (Å²) in [5.41, 5.74) is 0.0258. The third-order valence-electron chi connectivity index (χ3n) is 5.39. The van der Waals surface area contributed by atoms with Crippen LogP contribution in [0.25, 0.3) is 0 Å². The molecule has 0 spiro atoms. The van der Waals surface area contributed by atoms with Crippen molar-refractivity contribution in [2.24, 2.45) is 0 Å². The lowest BCUT2D eigenvalue weighted by Gasteiger charge is -2.32. The maximum Gasteiger partial charge on any atom is 0.279 e. The van der Waals surface area contributed by atoms with E-state index in [1.165, 1.54) is 28.2 Å². The van der Waals surface area contributed by atoms with E-state index in [1.807, 2.05) is 0 Å². The molecule has 0 aliphatic carbocycles. The van der Waals surface area contributed by atoms with Crippen molar-refractivity contribution >= 4 is 21.8 Å². The van der Waals surface area contributed by atoms with Crippen molar-refractivity contribution < 1.29 is 26.4 Å². The van der Waals surface area contributed by atoms with Crippen LogP contribution in [0.1, 0.15) is 35.8 Å². The van der Waals surface area contributed by atoms with Gasteiger partial charge in [0.15, 0.2) is 17.5 Å². The molecule has 1 amide bonds. The molecule has 1 saturated heterocycles. The SMILES string of the molecule is CCn1cc(CN[C@@H]2CCCN(S(=O)(=O)NC)C2)c(F)c1C(=O)Nc1ccc(F)c(F)c1. The van der Waals surface area contributed by atoms with E-state index < -0.39 is 33.6 Å². The van der Waals surface area contributed by atoms with Crippen molar-refractivity contribution in [3.63, 3.8) is 0 Å². The van der Waals surface area contributed by atoms with Crippen LogP contribution in [-0.2, 0) is 23.3 Å². The average molecular weight is 474 g/mol. The summed E-state index contributed by atoms with van der Waals surface area (Å²) in [6.45, 7) is 2.82. The van der Waals surface area contributed by atoms with Crippen molar-refractivity contribution in [1.82, 2.24) is 18.9 Å². The maximum absolute atomic E-state index is 15.1. The first-order valence-electron chi connectivity index (χ1n) is 10.2. The fourth-order valence-electron chi connectivity index (χ4n) is 3.67. The Bertz CT molecular complexity index is 1090. The third-order valence-corrected chi connectivity index (χ3v) is 6.91. The highest BCUT2D eigenvalue weighted by Gasteiger charge is 2.28. The fraction of sp³-hybridized carbons (Fsp3) is 0.450. The van der Waals surface area contributed by atoms with Crippen molar-refractivity contribution in [2.75, 3.05) is 25.5 Å². The molecule has 1 aromatic carbocycles. The number of nitrogens with one attached hydrogen (secondary N) is 3. The summed E-state index contributed by atoms with van der Waals surface area (Å²) in [7, 11) is -2.19. The fourth-order valence-corrected chi connectivity index (χ4v) is 4.67. The first kappa shape index (κ1) is 24.2. The van der Waals surface area contributed by atoms with Crippen LogP contribution < -0.4 is 15.4 Å². The number of nitrogens with zero attached hydrogens (tertiary/aromatic N) is 2. The highest BCUT2D eigenvalue weighted by atomic mass is 32.2. The molecule has 0 bridgehead atoms. The average Bonchev–Trinajstić information content (AvgIpc) is 3.10. The smallest absolute Gasteiger partial charge is 0.279 e. The van der Waals surface area contributed by atoms with Crippen LogP contribution in [0.4, 0.5) is 18.9 Å². The maximum atomic E-state index is 15.1. The predicted octanol–water partition coefficient (Wildman–Crippen LogP) is 2.20. The van der Waals surface area contributed by atoms with Gasteiger partial charge in [-0.15, -0.1) is 0 Å². The second-order valence-electron chi connectivity index (χ2n) is 7.47. The van der Waals surface area contributed by atoms with Gasteiger partial charge in [0, 0.05) is 62.8 Å². The van der Waals surface area contributed by atoms with Crippen LogP contribution in [0.2, 0.25) is 0 Å². The molecule has 2 aromatic rings. The quantitative estimate of drug-likeness (QED) is 0.548. The van der Waals surface area contributed by atoms with Gasteiger partial charge in [-0.3, -0.25) is 4.79 Å². The number of carbonyl (C=O) groups excluding carboxylic acids is 1. The van der Waals surface area contributed by atoms with Crippen molar-refractivity contribution in [2.45, 2.75) is 38.9 Å². The number of benzene rings is 1. The Morgan fingerprint density at radius 2 is 1.97 bits per heavy atom. The predicted molar refractivity (Wildman–Crippen MR) is 114 cm³/mol. The van der Waals surface area contributed by atoms with Gasteiger partial charge in [0.05, 0.1) is 0 Å². The Morgan fingerprint density at radius 3 is 2.62 bits per heavy atom. The van der Waals surface area contributed by atoms with Crippen molar-refractivity contribution in [3.8, 4) is 0 Å². The van der Waals surface area contributed by atoms with Crippen molar-refractivity contribution in [1.29, 1.82) is 0 Å². The molecule has 176 valence electrons. The van der Waals surface area contributed by atoms with Gasteiger partial charge in [0.25, 0.3) is 16.1 Å². The van der Waals surface area contributed by atoms with Gasteiger partial charge >= 0.3 is 0 Å². The number of rotatable bonds is 8. The standard InChI is InChI=1S/C20H26F3N5O3S/c1-3-27-11-13(10-25-15-5-4-8-28(12-15)32(30,31)24-2)18(23)19(27)20(29)26-14-6-7-16(21)17(22)9-14/h6-7,9,11,15,24-25H,3-5,8,10,12H2,1-2H3,(H,26,29)/t15-/m1/s1. The van der Waals surface area contributed by atoms with E-state index in [0.29, 0.717) is 19.5 Å². The van der Waals surface area contributed by atoms with Crippen LogP contribution in [-0.4, -0.2) is 49.4 Å². The molecule has 1 aromatic heterocycles. The summed E-state index contributed by atoms with van der Waals surface area (Å²) in [6.07, 6.45) is 2.90. The molecule has 1 atom stereocenters. The molecule has 32 heavy (non-hydrogen) atoms. The molecule has 0 radical (unpaired) electrons. The third kappa shape index (κ3) is 5.31. The molecular weight excluding hydrogens is 447 g/mol. The van der Waals surface area contributed by atoms with Gasteiger partial charge < -0.3 is 15.2 Å². The minimum absolute atomic E-state index is 0.00451. The number of hydrogen-bond donors (Lipinski definition) is 3. The number of carbonyl (C=O) groups is 1. The molecule has 0 saturated carbocycles. The lowest BCUT2D eigenvalue weighted by molar-refractivity contribution is 0.101. The van der Waals surface area contributed by atoms with E-state index in [4.69, 9.17) is 0 Å². The molecule has 1 fully saturated rings. The second-order valence-corrected chi connectivity index (χ2v) is 9.35. The van der Waals surface area contributed by atoms with Crippen LogP contribution in [0.3, 0.4) is 0 Å². The second kappa shape index (κ2) is 10.0. The van der Waals surface area contributed by atoms with E-state index in [-0.39, 0.29) is 36.1 Å². The van der Waals surface area contributed by atoms with Crippen LogP contribution >= 0.6 is 0 Å². The van der Waals surface area contributed by atoms with Gasteiger partial charge in [-0.1, -0.05) is 0 Å². The van der Waals surface area contributed by atoms with E-state index >= 15 is 4.39 Å². The molecule has 3 N–H and O–H groups in total. The van der Waals surface area contributed by atoms with Crippen LogP contribution in [0, 0.1) is 17.5 Å². The summed E-state index contributed by atoms with van der Waals surface area (Å²) in [4.78, 5) is 12.6. The molecule has 12 heteroatoms. The number of aryl methyl sites for hydroxylation is 1. The van der Waals surface area contributed by atoms with Gasteiger partial charge in [-0.05, 0) is 31.9 Å². The Labute approximate surface area is 185 Å². The Hall–Kier alpha value is -2.41. The highest BCUT2D eigenvalue weighted by molar-refractivity contribution is 7.87. The lowest BCUT2D eigenvalue weighted by atomic mass is 10.1. The minimum atomic E-state index is -3.54. The molecule has 1 aliphatic heterocycles. The molecule has 8 nitrogen and oxygen atoms in total. The van der Waals surface area contributed by atoms with E-state index in [0.717, 1.165) is 18.6 Å². The van der Waals surface area contributed by atoms with Gasteiger partial charge in [-0.2, -0.15) is 12.7 Å². The van der Waals surface area contributed by atoms with E-state index in [1.54, 1.807) is 6.92 Å². The van der Waals surface area contributed by atoms with E-state index in [2.05, 4.69) is 15.4 Å². The van der Waals surface area contributed by atoms with Gasteiger partial charge in [0.2, 0.25) is 0 Å². The Balaban J connectivity index is 1.71. The summed E-state index contributed by atoms with van der Waals surface area (Å²) < 4.78 is 70.7. The topological polar surface area (TPSA) is 95.5 Å². The van der Waals surface area contributed by atoms with Crippen molar-refractivity contribution in [3.05, 3.63) is 53.1 Å². The summed E-state index contributed by atoms with van der Waals surface area (Å²) >= 11 is 0. The Morgan fingerprint density at radius 1 is 1.22 bits per heavy atom. The normalized spacial score (nSPS) is 17.5. The van der Waals surface area contributed by atoms with E-state index in [9.17, 15) is 22.0 Å². The van der Waals surface area contributed by atoms with Crippen LogP contribution in [0.5, 0.6) is 0 Å². The number of amides is 1.